The van der Waals surface area contributed by atoms with E-state index >= 15 is 0 Å². The van der Waals surface area contributed by atoms with Crippen LogP contribution in [0.3, 0.4) is 0 Å². The van der Waals surface area contributed by atoms with Gasteiger partial charge in [0.05, 0.1) is 0 Å². The Morgan fingerprint density at radius 2 is 1.75 bits per heavy atom. The number of carbonyl (C=O) groups excluding carboxylic acids is 1. The third-order valence-corrected chi connectivity index (χ3v) is 6.30. The number of halogens is 1. The summed E-state index contributed by atoms with van der Waals surface area (Å²) in [7, 11) is 1.88. The second kappa shape index (κ2) is 6.66. The largest absolute Gasteiger partial charge is 0.375 e. The Labute approximate surface area is 150 Å². The molecular formula is C19H27ClN2O2. The Kier molecular flexibility index (Phi) is 4.92. The zero-order valence-corrected chi connectivity index (χ0v) is 15.0. The van der Waals surface area contributed by atoms with Crippen molar-refractivity contribution < 1.29 is 9.90 Å². The van der Waals surface area contributed by atoms with Crippen molar-refractivity contribution in [2.75, 3.05) is 20.1 Å². The standard InChI is InChI=1S/C19H26N2O2.ClH/c1-21(17-15-11-20-12-16(15)17)18(22)19(23,14-9-5-6-10-14)13-7-3-2-4-8-13;/h2-4,7-8,14-17,20,23H,5-6,9-12H2,1H3;1H/t15-,16?,17+,19?;/m0./s1. The summed E-state index contributed by atoms with van der Waals surface area (Å²) >= 11 is 0. The van der Waals surface area contributed by atoms with Gasteiger partial charge in [-0.1, -0.05) is 43.2 Å². The van der Waals surface area contributed by atoms with Crippen molar-refractivity contribution in [3.63, 3.8) is 0 Å². The van der Waals surface area contributed by atoms with Gasteiger partial charge in [0, 0.05) is 32.1 Å². The van der Waals surface area contributed by atoms with Crippen molar-refractivity contribution in [2.45, 2.75) is 37.3 Å². The van der Waals surface area contributed by atoms with Crippen LogP contribution < -0.4 is 5.32 Å². The van der Waals surface area contributed by atoms with Gasteiger partial charge >= 0.3 is 0 Å². The molecule has 5 heteroatoms. The van der Waals surface area contributed by atoms with E-state index in [2.05, 4.69) is 5.32 Å². The first kappa shape index (κ1) is 17.7. The molecule has 0 radical (unpaired) electrons. The first-order valence-corrected chi connectivity index (χ1v) is 8.90. The third kappa shape index (κ3) is 2.65. The third-order valence-electron chi connectivity index (χ3n) is 6.30. The van der Waals surface area contributed by atoms with Crippen LogP contribution in [-0.2, 0) is 10.4 Å². The fourth-order valence-corrected chi connectivity index (χ4v) is 4.93. The predicted molar refractivity (Wildman–Crippen MR) is 96.0 cm³/mol. The van der Waals surface area contributed by atoms with Crippen molar-refractivity contribution in [1.29, 1.82) is 0 Å². The minimum absolute atomic E-state index is 0. The molecule has 1 aliphatic heterocycles. The summed E-state index contributed by atoms with van der Waals surface area (Å²) in [5.41, 5.74) is -0.607. The van der Waals surface area contributed by atoms with E-state index in [1.54, 1.807) is 0 Å². The molecule has 132 valence electrons. The van der Waals surface area contributed by atoms with Crippen LogP contribution in [0.25, 0.3) is 0 Å². The second-order valence-electron chi connectivity index (χ2n) is 7.51. The van der Waals surface area contributed by atoms with Crippen molar-refractivity contribution in [2.24, 2.45) is 17.8 Å². The molecule has 2 N–H and O–H groups in total. The fourth-order valence-electron chi connectivity index (χ4n) is 4.93. The highest BCUT2D eigenvalue weighted by Gasteiger charge is 2.59. The summed E-state index contributed by atoms with van der Waals surface area (Å²) in [6.07, 6.45) is 4.08. The van der Waals surface area contributed by atoms with Crippen molar-refractivity contribution in [3.8, 4) is 0 Å². The van der Waals surface area contributed by atoms with Gasteiger partial charge in [0.2, 0.25) is 0 Å². The summed E-state index contributed by atoms with van der Waals surface area (Å²) < 4.78 is 0. The average molecular weight is 351 g/mol. The minimum atomic E-state index is -1.36. The number of rotatable bonds is 4. The number of nitrogens with one attached hydrogen (secondary N) is 1. The van der Waals surface area contributed by atoms with Gasteiger partial charge in [-0.3, -0.25) is 4.79 Å². The Morgan fingerprint density at radius 1 is 1.17 bits per heavy atom. The van der Waals surface area contributed by atoms with E-state index in [1.807, 2.05) is 42.3 Å². The lowest BCUT2D eigenvalue weighted by molar-refractivity contribution is -0.159. The first-order valence-electron chi connectivity index (χ1n) is 8.90. The fraction of sp³-hybridized carbons (Fsp3) is 0.632. The van der Waals surface area contributed by atoms with Gasteiger partial charge in [-0.25, -0.2) is 0 Å². The molecule has 0 bridgehead atoms. The summed E-state index contributed by atoms with van der Waals surface area (Å²) in [4.78, 5) is 15.2. The first-order chi connectivity index (χ1) is 11.1. The maximum absolute atomic E-state index is 13.3. The molecule has 2 aliphatic carbocycles. The number of piperidine rings is 1. The molecule has 4 nitrogen and oxygen atoms in total. The predicted octanol–water partition coefficient (Wildman–Crippen LogP) is 2.16. The van der Waals surface area contributed by atoms with Crippen molar-refractivity contribution in [1.82, 2.24) is 10.2 Å². The highest BCUT2D eigenvalue weighted by Crippen LogP contribution is 2.48. The van der Waals surface area contributed by atoms with E-state index in [0.717, 1.165) is 44.3 Å². The molecule has 4 rings (SSSR count). The van der Waals surface area contributed by atoms with E-state index < -0.39 is 5.60 Å². The van der Waals surface area contributed by atoms with Gasteiger partial charge in [-0.15, -0.1) is 12.4 Å². The Bertz CT molecular complexity index is 580. The SMILES string of the molecule is CN(C(=O)C(O)(c1ccccc1)C1CCCC1)[C@H]1C2CNC[C@@H]21.Cl. The van der Waals surface area contributed by atoms with E-state index in [0.29, 0.717) is 17.9 Å². The summed E-state index contributed by atoms with van der Waals surface area (Å²) in [5.74, 6) is 1.09. The van der Waals surface area contributed by atoms with E-state index in [-0.39, 0.29) is 24.2 Å². The number of hydrogen-bond acceptors (Lipinski definition) is 3. The van der Waals surface area contributed by atoms with E-state index in [4.69, 9.17) is 0 Å². The lowest BCUT2D eigenvalue weighted by atomic mass is 9.79. The monoisotopic (exact) mass is 350 g/mol. The van der Waals surface area contributed by atoms with Crippen molar-refractivity contribution >= 4 is 18.3 Å². The smallest absolute Gasteiger partial charge is 0.259 e. The zero-order chi connectivity index (χ0) is 16.0. The second-order valence-corrected chi connectivity index (χ2v) is 7.51. The van der Waals surface area contributed by atoms with Gasteiger partial charge < -0.3 is 15.3 Å². The zero-order valence-electron chi connectivity index (χ0n) is 14.1. The number of hydrogen-bond donors (Lipinski definition) is 2. The van der Waals surface area contributed by atoms with Crippen LogP contribution >= 0.6 is 12.4 Å². The molecule has 4 atom stereocenters. The lowest BCUT2D eigenvalue weighted by Gasteiger charge is -2.37. The van der Waals surface area contributed by atoms with Gasteiger partial charge in [0.15, 0.2) is 5.60 Å². The molecule has 2 unspecified atom stereocenters. The Balaban J connectivity index is 0.00000169. The summed E-state index contributed by atoms with van der Waals surface area (Å²) in [5, 5.41) is 14.9. The number of benzene rings is 1. The summed E-state index contributed by atoms with van der Waals surface area (Å²) in [6, 6.07) is 9.87. The number of fused-ring (bicyclic) bond motifs is 1. The minimum Gasteiger partial charge on any atom is -0.375 e. The lowest BCUT2D eigenvalue weighted by Crippen LogP contribution is -2.51. The molecule has 1 saturated heterocycles. The van der Waals surface area contributed by atoms with Crippen LogP contribution in [0.2, 0.25) is 0 Å². The highest BCUT2D eigenvalue weighted by molar-refractivity contribution is 5.87. The number of amides is 1. The molecule has 0 spiro atoms. The molecule has 3 aliphatic rings. The maximum Gasteiger partial charge on any atom is 0.259 e. The van der Waals surface area contributed by atoms with Crippen LogP contribution in [0.5, 0.6) is 0 Å². The van der Waals surface area contributed by atoms with Crippen molar-refractivity contribution in [3.05, 3.63) is 35.9 Å². The average Bonchev–Trinajstić information content (AvgIpc) is 3.02. The number of likely N-dealkylation sites (N-methyl/N-ethyl adjacent to an activating group) is 1. The van der Waals surface area contributed by atoms with Gasteiger partial charge in [-0.05, 0) is 30.2 Å². The quantitative estimate of drug-likeness (QED) is 0.875. The molecule has 3 fully saturated rings. The van der Waals surface area contributed by atoms with Crippen LogP contribution in [0, 0.1) is 17.8 Å². The molecule has 1 aromatic rings. The van der Waals surface area contributed by atoms with Gasteiger partial charge in [0.25, 0.3) is 5.91 Å². The number of carbonyl (C=O) groups is 1. The molecule has 2 saturated carbocycles. The topological polar surface area (TPSA) is 52.6 Å². The van der Waals surface area contributed by atoms with Crippen LogP contribution in [0.1, 0.15) is 31.2 Å². The molecule has 1 aromatic carbocycles. The van der Waals surface area contributed by atoms with E-state index in [1.165, 1.54) is 0 Å². The molecule has 1 heterocycles. The Hall–Kier alpha value is -1.10. The molecular weight excluding hydrogens is 324 g/mol. The number of nitrogens with zero attached hydrogens (tertiary/aromatic N) is 1. The summed E-state index contributed by atoms with van der Waals surface area (Å²) in [6.45, 7) is 2.00. The molecule has 0 aromatic heterocycles. The van der Waals surface area contributed by atoms with Crippen LogP contribution in [-0.4, -0.2) is 42.1 Å². The van der Waals surface area contributed by atoms with Crippen LogP contribution in [0.4, 0.5) is 0 Å². The van der Waals surface area contributed by atoms with Gasteiger partial charge in [0.1, 0.15) is 0 Å². The molecule has 1 amide bonds. The van der Waals surface area contributed by atoms with E-state index in [9.17, 15) is 9.90 Å². The number of aliphatic hydroxyl groups is 1. The van der Waals surface area contributed by atoms with Gasteiger partial charge in [-0.2, -0.15) is 0 Å². The maximum atomic E-state index is 13.3. The highest BCUT2D eigenvalue weighted by atomic mass is 35.5. The normalized spacial score (nSPS) is 31.0. The van der Waals surface area contributed by atoms with Crippen LogP contribution in [0.15, 0.2) is 30.3 Å². The Morgan fingerprint density at radius 3 is 2.33 bits per heavy atom. The molecule has 24 heavy (non-hydrogen) atoms.